The summed E-state index contributed by atoms with van der Waals surface area (Å²) in [6, 6.07) is 12.4. The van der Waals surface area contributed by atoms with Gasteiger partial charge < -0.3 is 0 Å². The van der Waals surface area contributed by atoms with E-state index in [0.717, 1.165) is 5.69 Å². The van der Waals surface area contributed by atoms with Gasteiger partial charge in [-0.05, 0) is 37.1 Å². The van der Waals surface area contributed by atoms with Crippen LogP contribution in [0.3, 0.4) is 0 Å². The highest BCUT2D eigenvalue weighted by Gasteiger charge is 2.20. The molecule has 0 aliphatic carbocycles. The van der Waals surface area contributed by atoms with Gasteiger partial charge in [-0.25, -0.2) is 0 Å². The Kier molecular flexibility index (Phi) is 4.03. The zero-order chi connectivity index (χ0) is 13.1. The monoisotopic (exact) mass is 259 g/mol. The molecule has 0 amide bonds. The minimum atomic E-state index is -0.0412. The zero-order valence-corrected chi connectivity index (χ0v) is 11.8. The Morgan fingerprint density at radius 2 is 1.89 bits per heavy atom. The first kappa shape index (κ1) is 13.1. The standard InChI is InChI=1S/C16H18ClN/c1-11-7-8-14(12(2)10-11)16(17)13(3)15-6-4-5-9-18-15/h4-10,13,16H,1-3H3. The summed E-state index contributed by atoms with van der Waals surface area (Å²) in [5.41, 5.74) is 4.75. The first-order valence-electron chi connectivity index (χ1n) is 6.21. The van der Waals surface area contributed by atoms with Gasteiger partial charge in [0.05, 0.1) is 5.38 Å². The van der Waals surface area contributed by atoms with Crippen molar-refractivity contribution >= 4 is 11.6 Å². The quantitative estimate of drug-likeness (QED) is 0.723. The predicted molar refractivity (Wildman–Crippen MR) is 77.2 cm³/mol. The summed E-state index contributed by atoms with van der Waals surface area (Å²) in [5, 5.41) is -0.0412. The van der Waals surface area contributed by atoms with Crippen molar-refractivity contribution in [2.24, 2.45) is 0 Å². The summed E-state index contributed by atoms with van der Waals surface area (Å²) in [7, 11) is 0. The lowest BCUT2D eigenvalue weighted by molar-refractivity contribution is 0.703. The lowest BCUT2D eigenvalue weighted by Gasteiger charge is -2.20. The normalized spacial score (nSPS) is 14.2. The number of nitrogens with zero attached hydrogens (tertiary/aromatic N) is 1. The van der Waals surface area contributed by atoms with E-state index in [2.05, 4.69) is 44.0 Å². The predicted octanol–water partition coefficient (Wildman–Crippen LogP) is 4.78. The average Bonchev–Trinajstić information content (AvgIpc) is 2.38. The molecular formula is C16H18ClN. The van der Waals surface area contributed by atoms with E-state index in [1.54, 1.807) is 0 Å². The number of halogens is 1. The third-order valence-corrected chi connectivity index (χ3v) is 3.93. The number of aromatic nitrogens is 1. The number of alkyl halides is 1. The van der Waals surface area contributed by atoms with Crippen LogP contribution in [0.4, 0.5) is 0 Å². The Bertz CT molecular complexity index is 522. The van der Waals surface area contributed by atoms with Crippen LogP contribution in [0.5, 0.6) is 0 Å². The van der Waals surface area contributed by atoms with E-state index >= 15 is 0 Å². The Morgan fingerprint density at radius 1 is 1.11 bits per heavy atom. The smallest absolute Gasteiger partial charge is 0.0668 e. The minimum Gasteiger partial charge on any atom is -0.261 e. The molecule has 1 nitrogen and oxygen atoms in total. The molecule has 1 aromatic heterocycles. The van der Waals surface area contributed by atoms with Gasteiger partial charge >= 0.3 is 0 Å². The van der Waals surface area contributed by atoms with E-state index in [1.165, 1.54) is 16.7 Å². The average molecular weight is 260 g/mol. The molecule has 94 valence electrons. The second kappa shape index (κ2) is 5.53. The summed E-state index contributed by atoms with van der Waals surface area (Å²) in [5.74, 6) is 0.203. The largest absolute Gasteiger partial charge is 0.261 e. The van der Waals surface area contributed by atoms with Crippen LogP contribution in [0.15, 0.2) is 42.6 Å². The maximum atomic E-state index is 6.61. The maximum absolute atomic E-state index is 6.61. The molecule has 0 saturated heterocycles. The van der Waals surface area contributed by atoms with Crippen LogP contribution in [0.25, 0.3) is 0 Å². The molecule has 1 aromatic carbocycles. The van der Waals surface area contributed by atoms with Crippen molar-refractivity contribution in [1.29, 1.82) is 0 Å². The van der Waals surface area contributed by atoms with Gasteiger partial charge in [0.25, 0.3) is 0 Å². The van der Waals surface area contributed by atoms with Crippen molar-refractivity contribution in [3.63, 3.8) is 0 Å². The highest BCUT2D eigenvalue weighted by atomic mass is 35.5. The third kappa shape index (κ3) is 2.73. The van der Waals surface area contributed by atoms with E-state index in [0.29, 0.717) is 0 Å². The molecule has 0 saturated carbocycles. The van der Waals surface area contributed by atoms with E-state index in [1.807, 2.05) is 24.4 Å². The van der Waals surface area contributed by atoms with Gasteiger partial charge in [0.15, 0.2) is 0 Å². The SMILES string of the molecule is Cc1ccc(C(Cl)C(C)c2ccccn2)c(C)c1. The lowest BCUT2D eigenvalue weighted by Crippen LogP contribution is -2.06. The number of benzene rings is 1. The fourth-order valence-corrected chi connectivity index (χ4v) is 2.57. The fraction of sp³-hybridized carbons (Fsp3) is 0.312. The van der Waals surface area contributed by atoms with Crippen molar-refractivity contribution in [3.8, 4) is 0 Å². The Morgan fingerprint density at radius 3 is 2.50 bits per heavy atom. The molecule has 2 unspecified atom stereocenters. The van der Waals surface area contributed by atoms with Gasteiger partial charge in [0.2, 0.25) is 0 Å². The first-order chi connectivity index (χ1) is 8.59. The van der Waals surface area contributed by atoms with E-state index in [9.17, 15) is 0 Å². The Labute approximate surface area is 114 Å². The Balaban J connectivity index is 2.28. The van der Waals surface area contributed by atoms with Gasteiger partial charge in [-0.1, -0.05) is 36.8 Å². The van der Waals surface area contributed by atoms with Crippen LogP contribution in [0.2, 0.25) is 0 Å². The number of hydrogen-bond acceptors (Lipinski definition) is 1. The number of hydrogen-bond donors (Lipinski definition) is 0. The lowest BCUT2D eigenvalue weighted by atomic mass is 9.93. The van der Waals surface area contributed by atoms with Gasteiger partial charge in [0.1, 0.15) is 0 Å². The van der Waals surface area contributed by atoms with Crippen LogP contribution >= 0.6 is 11.6 Å². The van der Waals surface area contributed by atoms with E-state index < -0.39 is 0 Å². The summed E-state index contributed by atoms with van der Waals surface area (Å²) in [6.07, 6.45) is 1.82. The maximum Gasteiger partial charge on any atom is 0.0668 e. The molecular weight excluding hydrogens is 242 g/mol. The second-order valence-corrected chi connectivity index (χ2v) is 5.28. The molecule has 1 heterocycles. The number of pyridine rings is 1. The van der Waals surface area contributed by atoms with Crippen molar-refractivity contribution in [3.05, 3.63) is 65.0 Å². The van der Waals surface area contributed by atoms with Crippen molar-refractivity contribution in [2.45, 2.75) is 32.1 Å². The molecule has 0 bridgehead atoms. The third-order valence-electron chi connectivity index (χ3n) is 3.32. The van der Waals surface area contributed by atoms with Crippen LogP contribution < -0.4 is 0 Å². The topological polar surface area (TPSA) is 12.9 Å². The summed E-state index contributed by atoms with van der Waals surface area (Å²) in [6.45, 7) is 6.34. The molecule has 18 heavy (non-hydrogen) atoms. The molecule has 2 rings (SSSR count). The molecule has 2 heteroatoms. The van der Waals surface area contributed by atoms with Gasteiger partial charge in [0, 0.05) is 17.8 Å². The first-order valence-corrected chi connectivity index (χ1v) is 6.65. The summed E-state index contributed by atoms with van der Waals surface area (Å²) < 4.78 is 0. The molecule has 2 atom stereocenters. The van der Waals surface area contributed by atoms with Gasteiger partial charge in [-0.15, -0.1) is 11.6 Å². The molecule has 2 aromatic rings. The van der Waals surface area contributed by atoms with Gasteiger partial charge in [-0.2, -0.15) is 0 Å². The second-order valence-electron chi connectivity index (χ2n) is 4.81. The molecule has 0 fully saturated rings. The molecule has 0 N–H and O–H groups in total. The van der Waals surface area contributed by atoms with Crippen molar-refractivity contribution < 1.29 is 0 Å². The Hall–Kier alpha value is -1.34. The minimum absolute atomic E-state index is 0.0412. The van der Waals surface area contributed by atoms with Crippen molar-refractivity contribution in [1.82, 2.24) is 4.98 Å². The van der Waals surface area contributed by atoms with Crippen LogP contribution in [0.1, 0.15) is 40.6 Å². The molecule has 0 aliphatic heterocycles. The van der Waals surface area contributed by atoms with Crippen molar-refractivity contribution in [2.75, 3.05) is 0 Å². The summed E-state index contributed by atoms with van der Waals surface area (Å²) in [4.78, 5) is 4.39. The van der Waals surface area contributed by atoms with Crippen LogP contribution in [-0.4, -0.2) is 4.98 Å². The fourth-order valence-electron chi connectivity index (χ4n) is 2.20. The highest BCUT2D eigenvalue weighted by molar-refractivity contribution is 6.21. The summed E-state index contributed by atoms with van der Waals surface area (Å²) >= 11 is 6.61. The van der Waals surface area contributed by atoms with Crippen LogP contribution in [0, 0.1) is 13.8 Å². The number of aryl methyl sites for hydroxylation is 2. The molecule has 0 radical (unpaired) electrons. The highest BCUT2D eigenvalue weighted by Crippen LogP contribution is 2.36. The number of rotatable bonds is 3. The van der Waals surface area contributed by atoms with E-state index in [-0.39, 0.29) is 11.3 Å². The molecule has 0 spiro atoms. The van der Waals surface area contributed by atoms with Gasteiger partial charge in [-0.3, -0.25) is 4.98 Å². The molecule has 0 aliphatic rings. The van der Waals surface area contributed by atoms with E-state index in [4.69, 9.17) is 11.6 Å². The zero-order valence-electron chi connectivity index (χ0n) is 11.0. The van der Waals surface area contributed by atoms with Crippen LogP contribution in [-0.2, 0) is 0 Å².